The van der Waals surface area contributed by atoms with E-state index in [1.807, 2.05) is 29.6 Å². The molecule has 0 bridgehead atoms. The number of benzene rings is 1. The third kappa shape index (κ3) is 3.30. The topological polar surface area (TPSA) is 69.4 Å². The standard InChI is InChI=1S/C22H24N4O3S/c1-29-17-5-2-4-16(12-17)13-24-9-7-22(15-24)8-10-25-19(27)20(28)26(23-21(22)25)14-18-6-3-11-30-18/h2-6,11-12H,7-10,13-15H2,1H3/t22-/m1/s1. The fourth-order valence-electron chi connectivity index (χ4n) is 4.74. The second-order valence-corrected chi connectivity index (χ2v) is 9.20. The van der Waals surface area contributed by atoms with Crippen LogP contribution in [0.25, 0.3) is 0 Å². The van der Waals surface area contributed by atoms with Crippen molar-refractivity contribution in [1.29, 1.82) is 0 Å². The molecule has 1 spiro atoms. The fourth-order valence-corrected chi connectivity index (χ4v) is 5.43. The van der Waals surface area contributed by atoms with Gasteiger partial charge in [-0.05, 0) is 48.5 Å². The smallest absolute Gasteiger partial charge is 0.332 e. The number of aromatic nitrogens is 3. The number of hydrogen-bond acceptors (Lipinski definition) is 6. The predicted octanol–water partition coefficient (Wildman–Crippen LogP) is 2.07. The highest BCUT2D eigenvalue weighted by Gasteiger charge is 2.47. The summed E-state index contributed by atoms with van der Waals surface area (Å²) in [4.78, 5) is 28.8. The highest BCUT2D eigenvalue weighted by atomic mass is 32.1. The summed E-state index contributed by atoms with van der Waals surface area (Å²) >= 11 is 1.57. The maximum absolute atomic E-state index is 12.8. The molecule has 5 rings (SSSR count). The van der Waals surface area contributed by atoms with Crippen LogP contribution in [0.4, 0.5) is 0 Å². The Kier molecular flexibility index (Phi) is 4.83. The van der Waals surface area contributed by atoms with Crippen molar-refractivity contribution in [3.63, 3.8) is 0 Å². The number of fused-ring (bicyclic) bond motifs is 2. The molecule has 0 aliphatic carbocycles. The van der Waals surface area contributed by atoms with Crippen LogP contribution in [0.1, 0.15) is 29.1 Å². The summed E-state index contributed by atoms with van der Waals surface area (Å²) < 4.78 is 8.31. The Morgan fingerprint density at radius 1 is 1.10 bits per heavy atom. The summed E-state index contributed by atoms with van der Waals surface area (Å²) in [6, 6.07) is 12.0. The number of methoxy groups -OCH3 is 1. The summed E-state index contributed by atoms with van der Waals surface area (Å²) in [6.07, 6.45) is 1.80. The van der Waals surface area contributed by atoms with Crippen molar-refractivity contribution < 1.29 is 4.74 Å². The SMILES string of the molecule is COc1cccc(CN2CC[C@@]3(CCn4c3nn(Cc3cccs3)c(=O)c4=O)C2)c1. The van der Waals surface area contributed by atoms with Crippen LogP contribution in [0.3, 0.4) is 0 Å². The summed E-state index contributed by atoms with van der Waals surface area (Å²) in [7, 11) is 1.68. The first-order chi connectivity index (χ1) is 14.6. The molecule has 156 valence electrons. The molecule has 3 aromatic rings. The van der Waals surface area contributed by atoms with E-state index in [2.05, 4.69) is 17.0 Å². The molecule has 1 saturated heterocycles. The molecular formula is C22H24N4O3S. The lowest BCUT2D eigenvalue weighted by atomic mass is 9.85. The third-order valence-corrected chi connectivity index (χ3v) is 7.14. The molecule has 1 atom stereocenters. The monoisotopic (exact) mass is 424 g/mol. The normalized spacial score (nSPS) is 20.7. The van der Waals surface area contributed by atoms with Crippen LogP contribution in [0.15, 0.2) is 51.4 Å². The summed E-state index contributed by atoms with van der Waals surface area (Å²) in [5, 5.41) is 6.69. The molecule has 1 fully saturated rings. The van der Waals surface area contributed by atoms with Gasteiger partial charge in [0.1, 0.15) is 11.6 Å². The molecule has 8 heteroatoms. The van der Waals surface area contributed by atoms with Crippen LogP contribution >= 0.6 is 11.3 Å². The molecule has 2 aromatic heterocycles. The van der Waals surface area contributed by atoms with Gasteiger partial charge in [-0.1, -0.05) is 18.2 Å². The van der Waals surface area contributed by atoms with Gasteiger partial charge in [-0.2, -0.15) is 5.10 Å². The Labute approximate surface area is 178 Å². The zero-order chi connectivity index (χ0) is 20.7. The van der Waals surface area contributed by atoms with Gasteiger partial charge in [-0.15, -0.1) is 11.3 Å². The minimum absolute atomic E-state index is 0.164. The number of hydrogen-bond donors (Lipinski definition) is 0. The molecule has 4 heterocycles. The molecule has 7 nitrogen and oxygen atoms in total. The highest BCUT2D eigenvalue weighted by Crippen LogP contribution is 2.40. The zero-order valence-electron chi connectivity index (χ0n) is 16.9. The minimum Gasteiger partial charge on any atom is -0.497 e. The predicted molar refractivity (Wildman–Crippen MR) is 115 cm³/mol. The van der Waals surface area contributed by atoms with E-state index < -0.39 is 11.1 Å². The second kappa shape index (κ2) is 7.52. The third-order valence-electron chi connectivity index (χ3n) is 6.28. The van der Waals surface area contributed by atoms with Crippen LogP contribution in [0.5, 0.6) is 5.75 Å². The molecule has 1 aromatic carbocycles. The van der Waals surface area contributed by atoms with E-state index in [1.54, 1.807) is 23.0 Å². The van der Waals surface area contributed by atoms with E-state index in [0.717, 1.165) is 48.9 Å². The van der Waals surface area contributed by atoms with Crippen molar-refractivity contribution in [3.05, 3.63) is 78.8 Å². The van der Waals surface area contributed by atoms with Gasteiger partial charge in [0.25, 0.3) is 0 Å². The van der Waals surface area contributed by atoms with E-state index in [0.29, 0.717) is 13.1 Å². The average molecular weight is 425 g/mol. The van der Waals surface area contributed by atoms with E-state index in [-0.39, 0.29) is 5.41 Å². The first-order valence-electron chi connectivity index (χ1n) is 10.2. The van der Waals surface area contributed by atoms with Crippen LogP contribution in [0.2, 0.25) is 0 Å². The van der Waals surface area contributed by atoms with Crippen molar-refractivity contribution in [2.24, 2.45) is 0 Å². The molecule has 0 amide bonds. The van der Waals surface area contributed by atoms with E-state index in [9.17, 15) is 9.59 Å². The van der Waals surface area contributed by atoms with Gasteiger partial charge in [-0.3, -0.25) is 19.1 Å². The van der Waals surface area contributed by atoms with Crippen molar-refractivity contribution in [1.82, 2.24) is 19.2 Å². The van der Waals surface area contributed by atoms with Gasteiger partial charge in [0.2, 0.25) is 0 Å². The first-order valence-corrected chi connectivity index (χ1v) is 11.1. The lowest BCUT2D eigenvalue weighted by molar-refractivity contribution is 0.297. The average Bonchev–Trinajstić information content (AvgIpc) is 3.49. The Morgan fingerprint density at radius 3 is 2.77 bits per heavy atom. The van der Waals surface area contributed by atoms with E-state index >= 15 is 0 Å². The molecule has 0 unspecified atom stereocenters. The quantitative estimate of drug-likeness (QED) is 0.587. The lowest BCUT2D eigenvalue weighted by Gasteiger charge is -2.24. The number of likely N-dealkylation sites (tertiary alicyclic amines) is 1. The van der Waals surface area contributed by atoms with Gasteiger partial charge in [0.05, 0.1) is 13.7 Å². The first kappa shape index (κ1) is 19.3. The van der Waals surface area contributed by atoms with Crippen LogP contribution in [0, 0.1) is 0 Å². The Hall–Kier alpha value is -2.71. The molecular weight excluding hydrogens is 400 g/mol. The van der Waals surface area contributed by atoms with Crippen molar-refractivity contribution in [2.75, 3.05) is 20.2 Å². The largest absolute Gasteiger partial charge is 0.497 e. The highest BCUT2D eigenvalue weighted by molar-refractivity contribution is 7.09. The Bertz CT molecular complexity index is 1180. The van der Waals surface area contributed by atoms with Gasteiger partial charge >= 0.3 is 11.1 Å². The molecule has 2 aliphatic heterocycles. The molecule has 2 aliphatic rings. The molecule has 30 heavy (non-hydrogen) atoms. The van der Waals surface area contributed by atoms with E-state index in [4.69, 9.17) is 9.84 Å². The fraction of sp³-hybridized carbons (Fsp3) is 0.409. The molecule has 0 radical (unpaired) electrons. The number of ether oxygens (including phenoxy) is 1. The zero-order valence-corrected chi connectivity index (χ0v) is 17.7. The van der Waals surface area contributed by atoms with Crippen LogP contribution < -0.4 is 15.9 Å². The van der Waals surface area contributed by atoms with Gasteiger partial charge < -0.3 is 4.74 Å². The maximum atomic E-state index is 12.8. The van der Waals surface area contributed by atoms with Crippen LogP contribution in [-0.4, -0.2) is 39.4 Å². The Balaban J connectivity index is 1.43. The minimum atomic E-state index is -0.532. The van der Waals surface area contributed by atoms with Crippen LogP contribution in [-0.2, 0) is 25.0 Å². The lowest BCUT2D eigenvalue weighted by Crippen LogP contribution is -2.45. The number of rotatable bonds is 5. The van der Waals surface area contributed by atoms with Crippen molar-refractivity contribution >= 4 is 11.3 Å². The number of nitrogens with zero attached hydrogens (tertiary/aromatic N) is 4. The second-order valence-electron chi connectivity index (χ2n) is 8.17. The van der Waals surface area contributed by atoms with Gasteiger partial charge in [0, 0.05) is 29.9 Å². The summed E-state index contributed by atoms with van der Waals surface area (Å²) in [5.41, 5.74) is 0.0654. The summed E-state index contributed by atoms with van der Waals surface area (Å²) in [6.45, 7) is 3.54. The van der Waals surface area contributed by atoms with Gasteiger partial charge in [-0.25, -0.2) is 4.68 Å². The van der Waals surface area contributed by atoms with Crippen molar-refractivity contribution in [3.8, 4) is 5.75 Å². The maximum Gasteiger partial charge on any atom is 0.332 e. The number of thiophene rings is 1. The Morgan fingerprint density at radius 2 is 1.97 bits per heavy atom. The van der Waals surface area contributed by atoms with E-state index in [1.165, 1.54) is 10.2 Å². The van der Waals surface area contributed by atoms with Crippen molar-refractivity contribution in [2.45, 2.75) is 37.9 Å². The van der Waals surface area contributed by atoms with Gasteiger partial charge in [0.15, 0.2) is 0 Å². The molecule has 0 saturated carbocycles. The molecule has 0 N–H and O–H groups in total. The summed E-state index contributed by atoms with van der Waals surface area (Å²) in [5.74, 6) is 1.63.